The summed E-state index contributed by atoms with van der Waals surface area (Å²) in [5.41, 5.74) is 1.54. The summed E-state index contributed by atoms with van der Waals surface area (Å²) in [6, 6.07) is 3.45. The molecule has 1 aromatic carbocycles. The smallest absolute Gasteiger partial charge is 0.338 e. The SMILES string of the molecule is CCOC(=O)c1cc(S)c(C)c(Br)c1. The molecular weight excluding hydrogens is 264 g/mol. The van der Waals surface area contributed by atoms with Crippen LogP contribution in [0.4, 0.5) is 0 Å². The van der Waals surface area contributed by atoms with Gasteiger partial charge in [0.2, 0.25) is 0 Å². The fourth-order valence-corrected chi connectivity index (χ4v) is 1.87. The van der Waals surface area contributed by atoms with Crippen molar-refractivity contribution in [2.75, 3.05) is 6.61 Å². The maximum atomic E-state index is 11.4. The van der Waals surface area contributed by atoms with E-state index in [1.165, 1.54) is 0 Å². The number of hydrogen-bond acceptors (Lipinski definition) is 3. The number of carbonyl (C=O) groups excluding carboxylic acids is 1. The van der Waals surface area contributed by atoms with Crippen LogP contribution in [0.25, 0.3) is 0 Å². The lowest BCUT2D eigenvalue weighted by Crippen LogP contribution is -2.05. The summed E-state index contributed by atoms with van der Waals surface area (Å²) in [7, 11) is 0. The predicted octanol–water partition coefficient (Wildman–Crippen LogP) is 3.22. The molecule has 0 aromatic heterocycles. The van der Waals surface area contributed by atoms with Crippen LogP contribution in [-0.4, -0.2) is 12.6 Å². The van der Waals surface area contributed by atoms with Crippen LogP contribution in [0.3, 0.4) is 0 Å². The van der Waals surface area contributed by atoms with Gasteiger partial charge in [-0.2, -0.15) is 0 Å². The van der Waals surface area contributed by atoms with Gasteiger partial charge in [-0.3, -0.25) is 0 Å². The summed E-state index contributed by atoms with van der Waals surface area (Å²) in [5.74, 6) is -0.316. The van der Waals surface area contributed by atoms with E-state index in [0.717, 1.165) is 14.9 Å². The minimum absolute atomic E-state index is 0.316. The Morgan fingerprint density at radius 2 is 2.21 bits per heavy atom. The molecule has 1 aromatic rings. The van der Waals surface area contributed by atoms with Crippen molar-refractivity contribution < 1.29 is 9.53 Å². The standard InChI is InChI=1S/C10H11BrO2S/c1-3-13-10(12)7-4-8(11)6(2)9(14)5-7/h4-5,14H,3H2,1-2H3. The second-order valence-corrected chi connectivity index (χ2v) is 4.16. The minimum Gasteiger partial charge on any atom is -0.462 e. The molecule has 2 nitrogen and oxygen atoms in total. The molecule has 0 amide bonds. The Morgan fingerprint density at radius 1 is 1.57 bits per heavy atom. The number of esters is 1. The third-order valence-corrected chi connectivity index (χ3v) is 3.12. The number of ether oxygens (including phenoxy) is 1. The van der Waals surface area contributed by atoms with E-state index in [0.29, 0.717) is 12.2 Å². The molecule has 0 heterocycles. The van der Waals surface area contributed by atoms with Gasteiger partial charge in [-0.15, -0.1) is 12.6 Å². The zero-order valence-electron chi connectivity index (χ0n) is 8.00. The van der Waals surface area contributed by atoms with Crippen molar-refractivity contribution in [3.05, 3.63) is 27.7 Å². The summed E-state index contributed by atoms with van der Waals surface area (Å²) < 4.78 is 5.75. The summed E-state index contributed by atoms with van der Waals surface area (Å²) in [6.45, 7) is 4.09. The molecule has 14 heavy (non-hydrogen) atoms. The van der Waals surface area contributed by atoms with E-state index >= 15 is 0 Å². The average Bonchev–Trinajstić information content (AvgIpc) is 2.13. The van der Waals surface area contributed by atoms with Crippen molar-refractivity contribution in [3.8, 4) is 0 Å². The Morgan fingerprint density at radius 3 is 2.71 bits per heavy atom. The molecule has 0 saturated carbocycles. The summed E-state index contributed by atoms with van der Waals surface area (Å²) in [6.07, 6.45) is 0. The molecule has 0 spiro atoms. The number of carbonyl (C=O) groups is 1. The first-order valence-electron chi connectivity index (χ1n) is 4.22. The zero-order chi connectivity index (χ0) is 10.7. The molecule has 4 heteroatoms. The molecule has 76 valence electrons. The van der Waals surface area contributed by atoms with Gasteiger partial charge in [-0.1, -0.05) is 15.9 Å². The highest BCUT2D eigenvalue weighted by Crippen LogP contribution is 2.25. The van der Waals surface area contributed by atoms with Crippen LogP contribution in [0.2, 0.25) is 0 Å². The molecule has 0 unspecified atom stereocenters. The number of halogens is 1. The molecule has 0 N–H and O–H groups in total. The molecule has 0 saturated heterocycles. The van der Waals surface area contributed by atoms with Gasteiger partial charge in [0.1, 0.15) is 0 Å². The van der Waals surface area contributed by atoms with Crippen molar-refractivity contribution in [3.63, 3.8) is 0 Å². The lowest BCUT2D eigenvalue weighted by Gasteiger charge is -2.06. The predicted molar refractivity (Wildman–Crippen MR) is 62.1 cm³/mol. The van der Waals surface area contributed by atoms with E-state index in [9.17, 15) is 4.79 Å². The van der Waals surface area contributed by atoms with E-state index in [1.54, 1.807) is 19.1 Å². The fourth-order valence-electron chi connectivity index (χ4n) is 0.997. The second-order valence-electron chi connectivity index (χ2n) is 2.82. The first-order valence-corrected chi connectivity index (χ1v) is 5.46. The van der Waals surface area contributed by atoms with Crippen LogP contribution in [0.1, 0.15) is 22.8 Å². The fraction of sp³-hybridized carbons (Fsp3) is 0.300. The highest BCUT2D eigenvalue weighted by molar-refractivity contribution is 9.10. The lowest BCUT2D eigenvalue weighted by molar-refractivity contribution is 0.0526. The van der Waals surface area contributed by atoms with E-state index in [2.05, 4.69) is 28.6 Å². The quantitative estimate of drug-likeness (QED) is 0.662. The Balaban J connectivity index is 3.06. The summed E-state index contributed by atoms with van der Waals surface area (Å²) in [5, 5.41) is 0. The van der Waals surface area contributed by atoms with E-state index in [1.807, 2.05) is 6.92 Å². The normalized spacial score (nSPS) is 10.0. The van der Waals surface area contributed by atoms with Gasteiger partial charge in [-0.05, 0) is 31.5 Å². The number of rotatable bonds is 2. The number of hydrogen-bond donors (Lipinski definition) is 1. The van der Waals surface area contributed by atoms with E-state index in [-0.39, 0.29) is 5.97 Å². The Kier molecular flexibility index (Phi) is 4.01. The summed E-state index contributed by atoms with van der Waals surface area (Å²) in [4.78, 5) is 12.2. The molecule has 0 aliphatic heterocycles. The van der Waals surface area contributed by atoms with Crippen LogP contribution in [0.15, 0.2) is 21.5 Å². The lowest BCUT2D eigenvalue weighted by atomic mass is 10.1. The highest BCUT2D eigenvalue weighted by Gasteiger charge is 2.10. The van der Waals surface area contributed by atoms with Crippen molar-refractivity contribution in [1.82, 2.24) is 0 Å². The molecule has 0 atom stereocenters. The first kappa shape index (κ1) is 11.6. The molecule has 1 rings (SSSR count). The molecule has 0 bridgehead atoms. The molecule has 0 fully saturated rings. The van der Waals surface area contributed by atoms with E-state index in [4.69, 9.17) is 4.74 Å². The molecule has 0 aliphatic rings. The van der Waals surface area contributed by atoms with Crippen molar-refractivity contribution in [2.24, 2.45) is 0 Å². The van der Waals surface area contributed by atoms with Crippen LogP contribution in [0, 0.1) is 6.92 Å². The number of thiol groups is 1. The van der Waals surface area contributed by atoms with Gasteiger partial charge in [0.15, 0.2) is 0 Å². The van der Waals surface area contributed by atoms with Gasteiger partial charge in [0, 0.05) is 9.37 Å². The average molecular weight is 275 g/mol. The van der Waals surface area contributed by atoms with Crippen LogP contribution < -0.4 is 0 Å². The second kappa shape index (κ2) is 4.84. The third kappa shape index (κ3) is 2.51. The largest absolute Gasteiger partial charge is 0.462 e. The van der Waals surface area contributed by atoms with E-state index < -0.39 is 0 Å². The van der Waals surface area contributed by atoms with Gasteiger partial charge >= 0.3 is 5.97 Å². The third-order valence-electron chi connectivity index (χ3n) is 1.83. The highest BCUT2D eigenvalue weighted by atomic mass is 79.9. The van der Waals surface area contributed by atoms with Crippen LogP contribution >= 0.6 is 28.6 Å². The summed E-state index contributed by atoms with van der Waals surface area (Å²) >= 11 is 7.62. The minimum atomic E-state index is -0.316. The molecule has 0 aliphatic carbocycles. The van der Waals surface area contributed by atoms with Gasteiger partial charge < -0.3 is 4.74 Å². The first-order chi connectivity index (χ1) is 6.56. The molecular formula is C10H11BrO2S. The Bertz CT molecular complexity index is 340. The van der Waals surface area contributed by atoms with Crippen molar-refractivity contribution in [1.29, 1.82) is 0 Å². The number of benzene rings is 1. The maximum Gasteiger partial charge on any atom is 0.338 e. The van der Waals surface area contributed by atoms with Crippen molar-refractivity contribution in [2.45, 2.75) is 18.7 Å². The zero-order valence-corrected chi connectivity index (χ0v) is 10.5. The molecule has 0 radical (unpaired) electrons. The topological polar surface area (TPSA) is 26.3 Å². The van der Waals surface area contributed by atoms with Gasteiger partial charge in [-0.25, -0.2) is 4.79 Å². The monoisotopic (exact) mass is 274 g/mol. The van der Waals surface area contributed by atoms with Gasteiger partial charge in [0.25, 0.3) is 0 Å². The Labute approximate surface area is 97.2 Å². The van der Waals surface area contributed by atoms with Gasteiger partial charge in [0.05, 0.1) is 12.2 Å². The van der Waals surface area contributed by atoms with Crippen LogP contribution in [-0.2, 0) is 4.74 Å². The maximum absolute atomic E-state index is 11.4. The van der Waals surface area contributed by atoms with Crippen LogP contribution in [0.5, 0.6) is 0 Å². The van der Waals surface area contributed by atoms with Crippen molar-refractivity contribution >= 4 is 34.5 Å². The Hall–Kier alpha value is -0.480.